The molecule has 0 aromatic rings. The lowest BCUT2D eigenvalue weighted by Crippen LogP contribution is -2.45. The SMILES string of the molecule is CCC(C)C(=O)NCC(F)C(C)(C)OCCOCCNC(=O)CON(C)C. The Morgan fingerprint density at radius 3 is 2.41 bits per heavy atom. The van der Waals surface area contributed by atoms with Gasteiger partial charge in [-0.05, 0) is 20.3 Å². The van der Waals surface area contributed by atoms with Crippen LogP contribution in [0.4, 0.5) is 4.39 Å². The molecule has 0 aliphatic rings. The highest BCUT2D eigenvalue weighted by Gasteiger charge is 2.31. The highest BCUT2D eigenvalue weighted by atomic mass is 19.1. The van der Waals surface area contributed by atoms with Crippen LogP contribution in [0.15, 0.2) is 0 Å². The summed E-state index contributed by atoms with van der Waals surface area (Å²) in [7, 11) is 3.39. The molecule has 2 N–H and O–H groups in total. The number of hydrogen-bond acceptors (Lipinski definition) is 6. The van der Waals surface area contributed by atoms with E-state index in [0.29, 0.717) is 19.6 Å². The smallest absolute Gasteiger partial charge is 0.248 e. The molecule has 0 saturated carbocycles. The van der Waals surface area contributed by atoms with Gasteiger partial charge in [-0.2, -0.15) is 5.06 Å². The van der Waals surface area contributed by atoms with Gasteiger partial charge in [0.1, 0.15) is 12.8 Å². The lowest BCUT2D eigenvalue weighted by molar-refractivity contribution is -0.150. The Balaban J connectivity index is 3.82. The first-order chi connectivity index (χ1) is 12.6. The average molecular weight is 394 g/mol. The van der Waals surface area contributed by atoms with Crippen molar-refractivity contribution < 1.29 is 28.3 Å². The third-order valence-electron chi connectivity index (χ3n) is 3.99. The minimum atomic E-state index is -1.33. The van der Waals surface area contributed by atoms with Gasteiger partial charge in [0.15, 0.2) is 0 Å². The zero-order valence-corrected chi connectivity index (χ0v) is 17.5. The van der Waals surface area contributed by atoms with Crippen LogP contribution < -0.4 is 10.6 Å². The van der Waals surface area contributed by atoms with Crippen molar-refractivity contribution in [3.63, 3.8) is 0 Å². The molecule has 0 aliphatic heterocycles. The number of alkyl halides is 1. The van der Waals surface area contributed by atoms with E-state index in [1.165, 1.54) is 5.06 Å². The maximum Gasteiger partial charge on any atom is 0.248 e. The molecule has 0 aromatic carbocycles. The van der Waals surface area contributed by atoms with E-state index < -0.39 is 11.8 Å². The van der Waals surface area contributed by atoms with Gasteiger partial charge < -0.3 is 20.1 Å². The van der Waals surface area contributed by atoms with Crippen molar-refractivity contribution in [2.75, 3.05) is 53.6 Å². The van der Waals surface area contributed by atoms with E-state index in [2.05, 4.69) is 10.6 Å². The van der Waals surface area contributed by atoms with Crippen LogP contribution in [0.1, 0.15) is 34.1 Å². The van der Waals surface area contributed by atoms with Gasteiger partial charge in [0, 0.05) is 26.6 Å². The number of nitrogens with one attached hydrogen (secondary N) is 2. The number of carbonyl (C=O) groups is 2. The molecule has 0 aliphatic carbocycles. The number of ether oxygens (including phenoxy) is 2. The van der Waals surface area contributed by atoms with Gasteiger partial charge in [-0.3, -0.25) is 14.4 Å². The minimum Gasteiger partial charge on any atom is -0.377 e. The molecular weight excluding hydrogens is 357 g/mol. The Kier molecular flexibility index (Phi) is 13.2. The van der Waals surface area contributed by atoms with Crippen molar-refractivity contribution >= 4 is 11.8 Å². The van der Waals surface area contributed by atoms with E-state index in [1.54, 1.807) is 34.9 Å². The third-order valence-corrected chi connectivity index (χ3v) is 3.99. The van der Waals surface area contributed by atoms with E-state index >= 15 is 0 Å². The Labute approximate surface area is 162 Å². The first-order valence-electron chi connectivity index (χ1n) is 9.30. The fraction of sp³-hybridized carbons (Fsp3) is 0.889. The molecule has 0 saturated heterocycles. The Bertz CT molecular complexity index is 435. The third kappa shape index (κ3) is 12.7. The molecular formula is C18H36FN3O5. The molecule has 0 aromatic heterocycles. The van der Waals surface area contributed by atoms with Gasteiger partial charge in [0.05, 0.1) is 32.0 Å². The van der Waals surface area contributed by atoms with Crippen molar-refractivity contribution in [2.24, 2.45) is 5.92 Å². The number of halogens is 1. The van der Waals surface area contributed by atoms with Crippen LogP contribution >= 0.6 is 0 Å². The van der Waals surface area contributed by atoms with E-state index in [4.69, 9.17) is 14.3 Å². The molecule has 0 heterocycles. The van der Waals surface area contributed by atoms with Crippen LogP contribution in [-0.4, -0.2) is 82.3 Å². The molecule has 8 nitrogen and oxygen atoms in total. The summed E-state index contributed by atoms with van der Waals surface area (Å²) < 4.78 is 25.2. The van der Waals surface area contributed by atoms with E-state index in [0.717, 1.165) is 0 Å². The fourth-order valence-electron chi connectivity index (χ4n) is 1.85. The van der Waals surface area contributed by atoms with Crippen molar-refractivity contribution in [3.05, 3.63) is 0 Å². The van der Waals surface area contributed by atoms with Crippen molar-refractivity contribution in [3.8, 4) is 0 Å². The van der Waals surface area contributed by atoms with Crippen molar-refractivity contribution in [2.45, 2.75) is 45.9 Å². The highest BCUT2D eigenvalue weighted by molar-refractivity contribution is 5.78. The van der Waals surface area contributed by atoms with Crippen LogP contribution in [0, 0.1) is 5.92 Å². The molecule has 160 valence electrons. The molecule has 27 heavy (non-hydrogen) atoms. The van der Waals surface area contributed by atoms with Crippen molar-refractivity contribution in [1.82, 2.24) is 15.7 Å². The molecule has 2 amide bonds. The molecule has 0 bridgehead atoms. The summed E-state index contributed by atoms with van der Waals surface area (Å²) in [5, 5.41) is 6.70. The number of hydrogen-bond donors (Lipinski definition) is 2. The number of carbonyl (C=O) groups excluding carboxylic acids is 2. The summed E-state index contributed by atoms with van der Waals surface area (Å²) in [5.41, 5.74) is -1.04. The lowest BCUT2D eigenvalue weighted by atomic mass is 10.0. The molecule has 2 atom stereocenters. The first-order valence-corrected chi connectivity index (χ1v) is 9.30. The van der Waals surface area contributed by atoms with E-state index in [-0.39, 0.29) is 44.1 Å². The van der Waals surface area contributed by atoms with Crippen LogP contribution in [0.3, 0.4) is 0 Å². The highest BCUT2D eigenvalue weighted by Crippen LogP contribution is 2.17. The van der Waals surface area contributed by atoms with Gasteiger partial charge in [0.2, 0.25) is 11.8 Å². The van der Waals surface area contributed by atoms with Crippen LogP contribution in [-0.2, 0) is 23.9 Å². The molecule has 0 fully saturated rings. The standard InChI is InChI=1S/C18H36FN3O5/c1-7-14(2)17(24)21-12-15(19)18(3,4)26-11-10-25-9-8-20-16(23)13-27-22(5)6/h14-15H,7-13H2,1-6H3,(H,20,23)(H,21,24). The number of rotatable bonds is 15. The van der Waals surface area contributed by atoms with E-state index in [9.17, 15) is 14.0 Å². The van der Waals surface area contributed by atoms with Gasteiger partial charge in [-0.25, -0.2) is 4.39 Å². The maximum absolute atomic E-state index is 14.3. The van der Waals surface area contributed by atoms with Gasteiger partial charge in [-0.1, -0.05) is 13.8 Å². The quantitative estimate of drug-likeness (QED) is 0.318. The summed E-state index contributed by atoms with van der Waals surface area (Å²) in [6, 6.07) is 0. The second-order valence-electron chi connectivity index (χ2n) is 7.02. The fourth-order valence-corrected chi connectivity index (χ4v) is 1.85. The topological polar surface area (TPSA) is 89.1 Å². The van der Waals surface area contributed by atoms with Crippen LogP contribution in [0.25, 0.3) is 0 Å². The second kappa shape index (κ2) is 13.8. The second-order valence-corrected chi connectivity index (χ2v) is 7.02. The van der Waals surface area contributed by atoms with Crippen molar-refractivity contribution in [1.29, 1.82) is 0 Å². The minimum absolute atomic E-state index is 0.0459. The predicted molar refractivity (Wildman–Crippen MR) is 101 cm³/mol. The Hall–Kier alpha value is -1.29. The number of hydroxylamine groups is 2. The molecule has 2 unspecified atom stereocenters. The monoisotopic (exact) mass is 393 g/mol. The first kappa shape index (κ1) is 25.7. The zero-order valence-electron chi connectivity index (χ0n) is 17.5. The Morgan fingerprint density at radius 2 is 1.81 bits per heavy atom. The largest absolute Gasteiger partial charge is 0.377 e. The van der Waals surface area contributed by atoms with Crippen LogP contribution in [0.2, 0.25) is 0 Å². The number of amides is 2. The van der Waals surface area contributed by atoms with Crippen LogP contribution in [0.5, 0.6) is 0 Å². The average Bonchev–Trinajstić information content (AvgIpc) is 2.62. The maximum atomic E-state index is 14.3. The summed E-state index contributed by atoms with van der Waals surface area (Å²) >= 11 is 0. The van der Waals surface area contributed by atoms with Gasteiger partial charge in [0.25, 0.3) is 0 Å². The summed E-state index contributed by atoms with van der Waals surface area (Å²) in [5.74, 6) is -0.522. The van der Waals surface area contributed by atoms with Gasteiger partial charge >= 0.3 is 0 Å². The normalized spacial score (nSPS) is 14.1. The summed E-state index contributed by atoms with van der Waals surface area (Å²) in [4.78, 5) is 28.1. The lowest BCUT2D eigenvalue weighted by Gasteiger charge is -2.29. The molecule has 0 radical (unpaired) electrons. The molecule has 0 spiro atoms. The summed E-state index contributed by atoms with van der Waals surface area (Å²) in [6.45, 7) is 8.02. The molecule has 0 rings (SSSR count). The van der Waals surface area contributed by atoms with Gasteiger partial charge in [-0.15, -0.1) is 0 Å². The van der Waals surface area contributed by atoms with E-state index in [1.807, 2.05) is 6.92 Å². The Morgan fingerprint density at radius 1 is 1.15 bits per heavy atom. The number of nitrogens with zero attached hydrogens (tertiary/aromatic N) is 1. The molecule has 9 heteroatoms. The predicted octanol–water partition coefficient (Wildman–Crippen LogP) is 0.908. The zero-order chi connectivity index (χ0) is 20.9. The summed E-state index contributed by atoms with van der Waals surface area (Å²) in [6.07, 6.45) is -0.620.